The molecule has 2 heterocycles. The van der Waals surface area contributed by atoms with Crippen LogP contribution in [0.4, 0.5) is 5.69 Å². The lowest BCUT2D eigenvalue weighted by Crippen LogP contribution is -2.05. The van der Waals surface area contributed by atoms with Crippen molar-refractivity contribution in [3.05, 3.63) is 53.9 Å². The van der Waals surface area contributed by atoms with Gasteiger partial charge in [0, 0.05) is 24.0 Å². The summed E-state index contributed by atoms with van der Waals surface area (Å²) in [5.41, 5.74) is 11.1. The van der Waals surface area contributed by atoms with Crippen LogP contribution in [0.2, 0.25) is 0 Å². The first-order chi connectivity index (χ1) is 9.70. The molecule has 0 aliphatic rings. The summed E-state index contributed by atoms with van der Waals surface area (Å²) in [4.78, 5) is 4.76. The summed E-state index contributed by atoms with van der Waals surface area (Å²) in [7, 11) is 1.93. The Morgan fingerprint density at radius 1 is 1.25 bits per heavy atom. The molecule has 1 aromatic carbocycles. The first kappa shape index (κ1) is 12.7. The molecule has 2 aromatic heterocycles. The second-order valence-electron chi connectivity index (χ2n) is 4.94. The van der Waals surface area contributed by atoms with Gasteiger partial charge < -0.3 is 11.1 Å². The molecule has 0 amide bonds. The molecule has 0 saturated carbocycles. The molecule has 4 nitrogen and oxygen atoms in total. The average Bonchev–Trinajstić information content (AvgIpc) is 2.82. The fraction of sp³-hybridized carbons (Fsp3) is 0.188. The molecule has 102 valence electrons. The van der Waals surface area contributed by atoms with E-state index < -0.39 is 0 Å². The number of hydrogen-bond donors (Lipinski definition) is 2. The zero-order valence-electron chi connectivity index (χ0n) is 11.7. The van der Waals surface area contributed by atoms with Gasteiger partial charge in [-0.2, -0.15) is 0 Å². The molecule has 0 bridgehead atoms. The zero-order chi connectivity index (χ0) is 14.1. The third-order valence-electron chi connectivity index (χ3n) is 3.51. The molecular formula is C16H18N4. The van der Waals surface area contributed by atoms with Crippen LogP contribution in [0.25, 0.3) is 16.9 Å². The minimum absolute atomic E-state index is 0.745. The third-order valence-corrected chi connectivity index (χ3v) is 3.51. The highest BCUT2D eigenvalue weighted by molar-refractivity contribution is 5.69. The van der Waals surface area contributed by atoms with Crippen LogP contribution < -0.4 is 11.1 Å². The fourth-order valence-electron chi connectivity index (χ4n) is 2.38. The van der Waals surface area contributed by atoms with Crippen molar-refractivity contribution in [1.29, 1.82) is 0 Å². The molecule has 0 radical (unpaired) electrons. The Morgan fingerprint density at radius 3 is 2.85 bits per heavy atom. The Kier molecular flexibility index (Phi) is 3.16. The summed E-state index contributed by atoms with van der Waals surface area (Å²) in [5, 5.41) is 3.16. The van der Waals surface area contributed by atoms with Gasteiger partial charge >= 0.3 is 0 Å². The van der Waals surface area contributed by atoms with Gasteiger partial charge in [-0.1, -0.05) is 18.2 Å². The van der Waals surface area contributed by atoms with E-state index in [-0.39, 0.29) is 0 Å². The topological polar surface area (TPSA) is 55.3 Å². The van der Waals surface area contributed by atoms with E-state index in [9.17, 15) is 0 Å². The maximum atomic E-state index is 6.02. The Labute approximate surface area is 118 Å². The number of aryl methyl sites for hydroxylation is 1. The molecule has 3 rings (SSSR count). The van der Waals surface area contributed by atoms with Gasteiger partial charge in [0.1, 0.15) is 5.82 Å². The summed E-state index contributed by atoms with van der Waals surface area (Å²) >= 11 is 0. The Bertz CT molecular complexity index is 758. The van der Waals surface area contributed by atoms with Crippen LogP contribution in [-0.2, 0) is 6.54 Å². The second-order valence-corrected chi connectivity index (χ2v) is 4.94. The Hall–Kier alpha value is -2.33. The van der Waals surface area contributed by atoms with Crippen molar-refractivity contribution in [2.24, 2.45) is 0 Å². The third kappa shape index (κ3) is 2.04. The smallest absolute Gasteiger partial charge is 0.144 e. The standard InChI is InChI=1S/C16H18N4/c1-11-6-7-12(9-13(11)17)16-19-14(10-18-2)15-5-3-4-8-20(15)16/h3-9,18H,10,17H2,1-2H3. The number of nitrogen functional groups attached to an aromatic ring is 1. The van der Waals surface area contributed by atoms with Crippen molar-refractivity contribution in [1.82, 2.24) is 14.7 Å². The van der Waals surface area contributed by atoms with Crippen LogP contribution in [0.15, 0.2) is 42.6 Å². The van der Waals surface area contributed by atoms with Gasteiger partial charge in [0.15, 0.2) is 0 Å². The molecule has 20 heavy (non-hydrogen) atoms. The predicted octanol–water partition coefficient (Wildman–Crippen LogP) is 2.61. The molecule has 0 spiro atoms. The molecule has 0 fully saturated rings. The Balaban J connectivity index is 2.22. The van der Waals surface area contributed by atoms with Crippen molar-refractivity contribution >= 4 is 11.2 Å². The number of nitrogens with zero attached hydrogens (tertiary/aromatic N) is 2. The van der Waals surface area contributed by atoms with Gasteiger partial charge in [0.2, 0.25) is 0 Å². The number of fused-ring (bicyclic) bond motifs is 1. The summed E-state index contributed by atoms with van der Waals surface area (Å²) in [6.45, 7) is 2.75. The summed E-state index contributed by atoms with van der Waals surface area (Å²) < 4.78 is 2.11. The van der Waals surface area contributed by atoms with Gasteiger partial charge in [0.25, 0.3) is 0 Å². The highest BCUT2D eigenvalue weighted by atomic mass is 15.0. The Morgan fingerprint density at radius 2 is 2.10 bits per heavy atom. The van der Waals surface area contributed by atoms with Crippen LogP contribution in [0.1, 0.15) is 11.3 Å². The van der Waals surface area contributed by atoms with Crippen LogP contribution in [-0.4, -0.2) is 16.4 Å². The second kappa shape index (κ2) is 4.98. The lowest BCUT2D eigenvalue weighted by Gasteiger charge is -2.04. The number of benzene rings is 1. The molecule has 0 aliphatic carbocycles. The normalized spacial score (nSPS) is 11.1. The number of hydrogen-bond acceptors (Lipinski definition) is 3. The fourth-order valence-corrected chi connectivity index (χ4v) is 2.38. The zero-order valence-corrected chi connectivity index (χ0v) is 11.7. The monoisotopic (exact) mass is 266 g/mol. The number of rotatable bonds is 3. The van der Waals surface area contributed by atoms with Crippen LogP contribution >= 0.6 is 0 Å². The van der Waals surface area contributed by atoms with Crippen LogP contribution in [0.5, 0.6) is 0 Å². The van der Waals surface area contributed by atoms with Crippen molar-refractivity contribution in [2.45, 2.75) is 13.5 Å². The van der Waals surface area contributed by atoms with Gasteiger partial charge in [-0.25, -0.2) is 4.98 Å². The lowest BCUT2D eigenvalue weighted by atomic mass is 10.1. The quantitative estimate of drug-likeness (QED) is 0.716. The number of nitrogens with one attached hydrogen (secondary N) is 1. The van der Waals surface area contributed by atoms with Crippen molar-refractivity contribution in [3.63, 3.8) is 0 Å². The van der Waals surface area contributed by atoms with E-state index in [1.165, 1.54) is 0 Å². The first-order valence-corrected chi connectivity index (χ1v) is 6.68. The van der Waals surface area contributed by atoms with Gasteiger partial charge in [0.05, 0.1) is 11.2 Å². The molecule has 0 aliphatic heterocycles. The largest absolute Gasteiger partial charge is 0.398 e. The van der Waals surface area contributed by atoms with Gasteiger partial charge in [-0.3, -0.25) is 4.40 Å². The molecule has 3 aromatic rings. The van der Waals surface area contributed by atoms with E-state index in [4.69, 9.17) is 10.7 Å². The first-order valence-electron chi connectivity index (χ1n) is 6.68. The van der Waals surface area contributed by atoms with Crippen LogP contribution in [0, 0.1) is 6.92 Å². The molecule has 4 heteroatoms. The molecule has 0 saturated heterocycles. The number of imidazole rings is 1. The predicted molar refractivity (Wildman–Crippen MR) is 82.5 cm³/mol. The molecular weight excluding hydrogens is 248 g/mol. The van der Waals surface area contributed by atoms with E-state index in [0.29, 0.717) is 0 Å². The van der Waals surface area contributed by atoms with Gasteiger partial charge in [-0.05, 0) is 37.7 Å². The van der Waals surface area contributed by atoms with E-state index in [1.54, 1.807) is 0 Å². The lowest BCUT2D eigenvalue weighted by molar-refractivity contribution is 0.803. The van der Waals surface area contributed by atoms with Crippen molar-refractivity contribution in [2.75, 3.05) is 12.8 Å². The average molecular weight is 266 g/mol. The number of aromatic nitrogens is 2. The van der Waals surface area contributed by atoms with E-state index in [0.717, 1.165) is 40.4 Å². The van der Waals surface area contributed by atoms with E-state index >= 15 is 0 Å². The van der Waals surface area contributed by atoms with E-state index in [2.05, 4.69) is 21.9 Å². The molecule has 3 N–H and O–H groups in total. The highest BCUT2D eigenvalue weighted by Gasteiger charge is 2.12. The molecule has 0 unspecified atom stereocenters. The van der Waals surface area contributed by atoms with Crippen molar-refractivity contribution in [3.8, 4) is 11.4 Å². The minimum atomic E-state index is 0.745. The minimum Gasteiger partial charge on any atom is -0.398 e. The number of pyridine rings is 1. The maximum Gasteiger partial charge on any atom is 0.144 e. The maximum absolute atomic E-state index is 6.02. The highest BCUT2D eigenvalue weighted by Crippen LogP contribution is 2.25. The van der Waals surface area contributed by atoms with Gasteiger partial charge in [-0.15, -0.1) is 0 Å². The molecule has 0 atom stereocenters. The SMILES string of the molecule is CNCc1nc(-c2ccc(C)c(N)c2)n2ccccc12. The summed E-state index contributed by atoms with van der Waals surface area (Å²) in [6.07, 6.45) is 2.03. The number of nitrogens with two attached hydrogens (primary N) is 1. The van der Waals surface area contributed by atoms with Crippen LogP contribution in [0.3, 0.4) is 0 Å². The summed E-state index contributed by atoms with van der Waals surface area (Å²) in [6, 6.07) is 12.2. The van der Waals surface area contributed by atoms with E-state index in [1.807, 2.05) is 44.4 Å². The number of anilines is 1. The van der Waals surface area contributed by atoms with Crippen molar-refractivity contribution < 1.29 is 0 Å². The summed E-state index contributed by atoms with van der Waals surface area (Å²) in [5.74, 6) is 0.928.